The van der Waals surface area contributed by atoms with Gasteiger partial charge in [-0.1, -0.05) is 12.1 Å². The van der Waals surface area contributed by atoms with Crippen molar-refractivity contribution in [3.05, 3.63) is 123 Å². The second kappa shape index (κ2) is 10.5. The Hall–Kier alpha value is -4.04. The zero-order valence-electron chi connectivity index (χ0n) is 31.8. The van der Waals surface area contributed by atoms with Crippen LogP contribution in [0.3, 0.4) is 0 Å². The number of nitrogen functional groups attached to an aromatic ring is 2. The zero-order valence-corrected chi connectivity index (χ0v) is 31.8. The molecule has 0 saturated carbocycles. The van der Waals surface area contributed by atoms with E-state index >= 15 is 0 Å². The lowest BCUT2D eigenvalue weighted by molar-refractivity contribution is 0.736. The van der Waals surface area contributed by atoms with Gasteiger partial charge in [0.25, 0.3) is 0 Å². The minimum absolute atomic E-state index is 0.569. The Morgan fingerprint density at radius 2 is 0.681 bits per heavy atom. The standard InChI is InChI=1S/C45H54N2/c1-19-17-35(25(7)31(13)43(19)46)45(36-18-20(2)44(47)32(14)26(36)8)41-30(12)24(6)23(5)29(11)39(41)40-33(15)37-27(9)21(3)22(4)28(10)38(37)34(16)42(40)45/h17-18H,46-47H2,1-16H3. The van der Waals surface area contributed by atoms with E-state index in [4.69, 9.17) is 11.5 Å². The van der Waals surface area contributed by atoms with Crippen molar-refractivity contribution in [1.29, 1.82) is 0 Å². The summed E-state index contributed by atoms with van der Waals surface area (Å²) in [7, 11) is 0. The van der Waals surface area contributed by atoms with Crippen LogP contribution in [-0.2, 0) is 5.41 Å². The Labute approximate surface area is 283 Å². The molecule has 2 heteroatoms. The summed E-state index contributed by atoms with van der Waals surface area (Å²) in [5.74, 6) is 0. The van der Waals surface area contributed by atoms with E-state index in [2.05, 4.69) is 123 Å². The summed E-state index contributed by atoms with van der Waals surface area (Å²) in [6.07, 6.45) is 0. The van der Waals surface area contributed by atoms with Crippen molar-refractivity contribution < 1.29 is 0 Å². The lowest BCUT2D eigenvalue weighted by atomic mass is 9.61. The van der Waals surface area contributed by atoms with E-state index in [0.717, 1.165) is 22.5 Å². The Balaban J connectivity index is 2.10. The number of rotatable bonds is 2. The van der Waals surface area contributed by atoms with Gasteiger partial charge in [-0.15, -0.1) is 0 Å². The fourth-order valence-corrected chi connectivity index (χ4v) is 9.54. The SMILES string of the molecule is Cc1cc(C2(c3cc(C)c(N)c(C)c3C)c3c(C)c(C)c(C)c(C)c3-c3c2c(C)c2c(C)c(C)c(C)c(C)c2c3C)c(C)c(C)c1N. The molecule has 47 heavy (non-hydrogen) atoms. The van der Waals surface area contributed by atoms with Gasteiger partial charge in [0.15, 0.2) is 0 Å². The maximum atomic E-state index is 6.80. The molecule has 0 saturated heterocycles. The monoisotopic (exact) mass is 622 g/mol. The summed E-state index contributed by atoms with van der Waals surface area (Å²) in [5, 5.41) is 2.83. The van der Waals surface area contributed by atoms with Crippen molar-refractivity contribution >= 4 is 22.1 Å². The molecule has 0 aromatic heterocycles. The number of hydrogen-bond donors (Lipinski definition) is 2. The molecule has 1 aliphatic carbocycles. The van der Waals surface area contributed by atoms with Gasteiger partial charge >= 0.3 is 0 Å². The summed E-state index contributed by atoms with van der Waals surface area (Å²) < 4.78 is 0. The van der Waals surface area contributed by atoms with Crippen molar-refractivity contribution in [1.82, 2.24) is 0 Å². The van der Waals surface area contributed by atoms with Crippen molar-refractivity contribution in [2.24, 2.45) is 0 Å². The van der Waals surface area contributed by atoms with Gasteiger partial charge < -0.3 is 11.5 Å². The average Bonchev–Trinajstić information content (AvgIpc) is 3.36. The highest BCUT2D eigenvalue weighted by atomic mass is 14.6. The van der Waals surface area contributed by atoms with E-state index < -0.39 is 5.41 Å². The average molecular weight is 623 g/mol. The summed E-state index contributed by atoms with van der Waals surface area (Å²) in [6, 6.07) is 4.83. The Bertz CT molecular complexity index is 2190. The molecule has 2 nitrogen and oxygen atoms in total. The predicted molar refractivity (Wildman–Crippen MR) is 206 cm³/mol. The first-order chi connectivity index (χ1) is 21.8. The normalized spacial score (nSPS) is 13.4. The van der Waals surface area contributed by atoms with E-state index in [1.807, 2.05) is 0 Å². The molecule has 0 spiro atoms. The third-order valence-corrected chi connectivity index (χ3v) is 13.2. The molecule has 6 rings (SSSR count). The summed E-state index contributed by atoms with van der Waals surface area (Å²) in [6.45, 7) is 36.8. The molecule has 0 atom stereocenters. The minimum Gasteiger partial charge on any atom is -0.398 e. The third-order valence-electron chi connectivity index (χ3n) is 13.2. The molecule has 0 fully saturated rings. The van der Waals surface area contributed by atoms with Crippen LogP contribution in [0.15, 0.2) is 12.1 Å². The second-order valence-corrected chi connectivity index (χ2v) is 15.1. The number of aryl methyl sites for hydroxylation is 6. The van der Waals surface area contributed by atoms with Crippen LogP contribution in [0.5, 0.6) is 0 Å². The molecular weight excluding hydrogens is 569 g/mol. The Kier molecular flexibility index (Phi) is 7.33. The highest BCUT2D eigenvalue weighted by Gasteiger charge is 2.52. The third kappa shape index (κ3) is 3.85. The lowest BCUT2D eigenvalue weighted by Crippen LogP contribution is -2.34. The van der Waals surface area contributed by atoms with Crippen LogP contribution in [0.25, 0.3) is 21.9 Å². The van der Waals surface area contributed by atoms with E-state index in [0.29, 0.717) is 0 Å². The first-order valence-corrected chi connectivity index (χ1v) is 17.2. The number of fused-ring (bicyclic) bond motifs is 4. The molecule has 244 valence electrons. The fourth-order valence-electron chi connectivity index (χ4n) is 9.54. The second-order valence-electron chi connectivity index (χ2n) is 15.1. The van der Waals surface area contributed by atoms with Gasteiger partial charge in [-0.05, 0) is 244 Å². The van der Waals surface area contributed by atoms with Crippen LogP contribution in [0.2, 0.25) is 0 Å². The smallest absolute Gasteiger partial charge is 0.0724 e. The molecular formula is C45H54N2. The molecule has 5 aromatic rings. The molecule has 0 amide bonds. The van der Waals surface area contributed by atoms with Crippen molar-refractivity contribution in [2.45, 2.75) is 116 Å². The molecule has 1 aliphatic rings. The molecule has 4 N–H and O–H groups in total. The fraction of sp³-hybridized carbons (Fsp3) is 0.378. The van der Waals surface area contributed by atoms with Crippen molar-refractivity contribution in [3.8, 4) is 11.1 Å². The maximum Gasteiger partial charge on any atom is 0.0724 e. The van der Waals surface area contributed by atoms with Gasteiger partial charge in [0.05, 0.1) is 5.41 Å². The van der Waals surface area contributed by atoms with Crippen LogP contribution in [0, 0.1) is 111 Å². The van der Waals surface area contributed by atoms with Crippen LogP contribution in [0.4, 0.5) is 11.4 Å². The zero-order chi connectivity index (χ0) is 34.9. The van der Waals surface area contributed by atoms with E-state index in [9.17, 15) is 0 Å². The molecule has 0 unspecified atom stereocenters. The number of anilines is 2. The van der Waals surface area contributed by atoms with Crippen LogP contribution < -0.4 is 11.5 Å². The summed E-state index contributed by atoms with van der Waals surface area (Å²) in [5.41, 5.74) is 44.1. The minimum atomic E-state index is -0.569. The van der Waals surface area contributed by atoms with E-state index in [1.165, 1.54) is 122 Å². The van der Waals surface area contributed by atoms with E-state index in [1.54, 1.807) is 0 Å². The molecule has 0 aliphatic heterocycles. The number of hydrogen-bond acceptors (Lipinski definition) is 2. The van der Waals surface area contributed by atoms with Gasteiger partial charge in [-0.3, -0.25) is 0 Å². The van der Waals surface area contributed by atoms with Gasteiger partial charge in [-0.25, -0.2) is 0 Å². The Morgan fingerprint density at radius 3 is 1.13 bits per heavy atom. The molecule has 5 aromatic carbocycles. The van der Waals surface area contributed by atoms with E-state index in [-0.39, 0.29) is 0 Å². The Morgan fingerprint density at radius 1 is 0.340 bits per heavy atom. The number of benzene rings is 5. The van der Waals surface area contributed by atoms with Gasteiger partial charge in [0.2, 0.25) is 0 Å². The first-order valence-electron chi connectivity index (χ1n) is 17.2. The highest BCUT2D eigenvalue weighted by molar-refractivity contribution is 6.06. The quantitative estimate of drug-likeness (QED) is 0.189. The predicted octanol–water partition coefficient (Wildman–Crippen LogP) is 11.3. The first kappa shape index (κ1) is 32.9. The topological polar surface area (TPSA) is 52.0 Å². The number of nitrogens with two attached hydrogens (primary N) is 2. The molecule has 0 bridgehead atoms. The summed E-state index contributed by atoms with van der Waals surface area (Å²) >= 11 is 0. The van der Waals surface area contributed by atoms with Gasteiger partial charge in [-0.2, -0.15) is 0 Å². The lowest BCUT2D eigenvalue weighted by Gasteiger charge is -2.40. The summed E-state index contributed by atoms with van der Waals surface area (Å²) in [4.78, 5) is 0. The molecule has 0 radical (unpaired) electrons. The van der Waals surface area contributed by atoms with Crippen molar-refractivity contribution in [2.75, 3.05) is 11.5 Å². The van der Waals surface area contributed by atoms with Crippen molar-refractivity contribution in [3.63, 3.8) is 0 Å². The molecule has 0 heterocycles. The highest BCUT2D eigenvalue weighted by Crippen LogP contribution is 2.64. The van der Waals surface area contributed by atoms with Gasteiger partial charge in [0, 0.05) is 11.4 Å². The largest absolute Gasteiger partial charge is 0.398 e. The maximum absolute atomic E-state index is 6.80. The van der Waals surface area contributed by atoms with Crippen LogP contribution >= 0.6 is 0 Å². The van der Waals surface area contributed by atoms with Crippen LogP contribution in [-0.4, -0.2) is 0 Å². The van der Waals surface area contributed by atoms with Gasteiger partial charge in [0.1, 0.15) is 0 Å². The van der Waals surface area contributed by atoms with Crippen LogP contribution in [0.1, 0.15) is 111 Å².